The van der Waals surface area contributed by atoms with Gasteiger partial charge in [-0.05, 0) is 73.3 Å². The van der Waals surface area contributed by atoms with Gasteiger partial charge in [0.1, 0.15) is 0 Å². The molecule has 1 fully saturated rings. The summed E-state index contributed by atoms with van der Waals surface area (Å²) in [7, 11) is 0. The number of carbonyl (C=O) groups excluding carboxylic acids is 1. The van der Waals surface area contributed by atoms with Crippen molar-refractivity contribution < 1.29 is 9.53 Å². The Labute approximate surface area is 238 Å². The van der Waals surface area contributed by atoms with Gasteiger partial charge in [-0.15, -0.1) is 0 Å². The molecule has 3 rings (SSSR count). The monoisotopic (exact) mass is 529 g/mol. The molecule has 212 valence electrons. The normalized spacial score (nSPS) is 18.9. The van der Waals surface area contributed by atoms with Crippen LogP contribution in [0.4, 0.5) is 0 Å². The summed E-state index contributed by atoms with van der Waals surface area (Å²) in [4.78, 5) is 12.4. The lowest BCUT2D eigenvalue weighted by molar-refractivity contribution is 0.0497. The SMILES string of the molecule is CCCCCCCCOC(=O)c1ccc(-c2ccc(C3CCC(C#N)(CCCCCCCC)CC3)cc2)cc1. The highest BCUT2D eigenvalue weighted by Crippen LogP contribution is 2.46. The highest BCUT2D eigenvalue weighted by atomic mass is 16.5. The van der Waals surface area contributed by atoms with E-state index in [2.05, 4.69) is 44.2 Å². The van der Waals surface area contributed by atoms with E-state index in [0.29, 0.717) is 18.1 Å². The van der Waals surface area contributed by atoms with Gasteiger partial charge in [0.15, 0.2) is 0 Å². The number of hydrogen-bond donors (Lipinski definition) is 0. The molecule has 3 nitrogen and oxygen atoms in total. The van der Waals surface area contributed by atoms with Crippen molar-refractivity contribution >= 4 is 5.97 Å². The molecule has 0 N–H and O–H groups in total. The zero-order valence-electron chi connectivity index (χ0n) is 24.7. The molecule has 0 spiro atoms. The molecule has 1 aliphatic rings. The van der Waals surface area contributed by atoms with Crippen LogP contribution in [0.1, 0.15) is 145 Å². The van der Waals surface area contributed by atoms with Gasteiger partial charge in [0.05, 0.1) is 23.7 Å². The van der Waals surface area contributed by atoms with E-state index in [4.69, 9.17) is 4.74 Å². The van der Waals surface area contributed by atoms with Gasteiger partial charge in [0.25, 0.3) is 0 Å². The van der Waals surface area contributed by atoms with Crippen LogP contribution in [-0.2, 0) is 4.74 Å². The first-order chi connectivity index (χ1) is 19.1. The third-order valence-corrected chi connectivity index (χ3v) is 8.76. The van der Waals surface area contributed by atoms with Crippen molar-refractivity contribution in [2.24, 2.45) is 5.41 Å². The van der Waals surface area contributed by atoms with Crippen LogP contribution in [-0.4, -0.2) is 12.6 Å². The van der Waals surface area contributed by atoms with Crippen LogP contribution in [0.3, 0.4) is 0 Å². The fraction of sp³-hybridized carbons (Fsp3) is 0.611. The smallest absolute Gasteiger partial charge is 0.338 e. The second-order valence-corrected chi connectivity index (χ2v) is 11.8. The van der Waals surface area contributed by atoms with E-state index in [0.717, 1.165) is 56.1 Å². The minimum atomic E-state index is -0.229. The van der Waals surface area contributed by atoms with Gasteiger partial charge in [0.2, 0.25) is 0 Å². The Hall–Kier alpha value is -2.60. The Morgan fingerprint density at radius 1 is 0.769 bits per heavy atom. The van der Waals surface area contributed by atoms with Crippen molar-refractivity contribution in [2.45, 2.75) is 129 Å². The van der Waals surface area contributed by atoms with E-state index in [1.807, 2.05) is 24.3 Å². The molecule has 0 amide bonds. The first-order valence-electron chi connectivity index (χ1n) is 15.9. The maximum absolute atomic E-state index is 12.4. The van der Waals surface area contributed by atoms with Crippen LogP contribution < -0.4 is 0 Å². The fourth-order valence-electron chi connectivity index (χ4n) is 6.04. The topological polar surface area (TPSA) is 50.1 Å². The average molecular weight is 530 g/mol. The summed E-state index contributed by atoms with van der Waals surface area (Å²) in [6, 6.07) is 19.4. The number of ether oxygens (including phenoxy) is 1. The molecule has 2 aromatic rings. The summed E-state index contributed by atoms with van der Waals surface area (Å²) < 4.78 is 5.47. The fourth-order valence-corrected chi connectivity index (χ4v) is 6.04. The van der Waals surface area contributed by atoms with Gasteiger partial charge >= 0.3 is 5.97 Å². The Bertz CT molecular complexity index is 994. The van der Waals surface area contributed by atoms with Crippen LogP contribution in [0.15, 0.2) is 48.5 Å². The van der Waals surface area contributed by atoms with E-state index in [1.165, 1.54) is 69.8 Å². The molecule has 0 aliphatic heterocycles. The second-order valence-electron chi connectivity index (χ2n) is 11.8. The first kappa shape index (κ1) is 30.9. The van der Waals surface area contributed by atoms with E-state index >= 15 is 0 Å². The van der Waals surface area contributed by atoms with Crippen molar-refractivity contribution in [3.05, 3.63) is 59.7 Å². The third kappa shape index (κ3) is 10.1. The van der Waals surface area contributed by atoms with E-state index in [1.54, 1.807) is 0 Å². The molecule has 1 aliphatic carbocycles. The van der Waals surface area contributed by atoms with Crippen LogP contribution in [0.2, 0.25) is 0 Å². The predicted molar refractivity (Wildman–Crippen MR) is 163 cm³/mol. The van der Waals surface area contributed by atoms with E-state index in [-0.39, 0.29) is 11.4 Å². The van der Waals surface area contributed by atoms with Gasteiger partial charge in [-0.1, -0.05) is 121 Å². The van der Waals surface area contributed by atoms with Crippen molar-refractivity contribution in [3.8, 4) is 17.2 Å². The summed E-state index contributed by atoms with van der Waals surface area (Å²) >= 11 is 0. The van der Waals surface area contributed by atoms with Crippen LogP contribution in [0, 0.1) is 16.7 Å². The highest BCUT2D eigenvalue weighted by Gasteiger charge is 2.35. The Balaban J connectivity index is 1.43. The van der Waals surface area contributed by atoms with Crippen molar-refractivity contribution in [1.29, 1.82) is 5.26 Å². The molecule has 3 heteroatoms. The van der Waals surface area contributed by atoms with Gasteiger partial charge in [-0.25, -0.2) is 4.79 Å². The van der Waals surface area contributed by atoms with Crippen molar-refractivity contribution in [3.63, 3.8) is 0 Å². The number of benzene rings is 2. The average Bonchev–Trinajstić information content (AvgIpc) is 2.99. The van der Waals surface area contributed by atoms with Gasteiger partial charge in [0, 0.05) is 0 Å². The Morgan fingerprint density at radius 3 is 1.85 bits per heavy atom. The molecule has 2 aromatic carbocycles. The van der Waals surface area contributed by atoms with E-state index in [9.17, 15) is 10.1 Å². The lowest BCUT2D eigenvalue weighted by atomic mass is 9.67. The highest BCUT2D eigenvalue weighted by molar-refractivity contribution is 5.90. The molecule has 0 unspecified atom stereocenters. The number of rotatable bonds is 17. The minimum Gasteiger partial charge on any atom is -0.462 e. The summed E-state index contributed by atoms with van der Waals surface area (Å²) in [5.74, 6) is 0.321. The zero-order chi connectivity index (χ0) is 27.8. The third-order valence-electron chi connectivity index (χ3n) is 8.76. The van der Waals surface area contributed by atoms with Crippen molar-refractivity contribution in [1.82, 2.24) is 0 Å². The molecule has 0 heterocycles. The number of esters is 1. The molecule has 0 atom stereocenters. The van der Waals surface area contributed by atoms with Crippen LogP contribution in [0.25, 0.3) is 11.1 Å². The van der Waals surface area contributed by atoms with Gasteiger partial charge < -0.3 is 4.74 Å². The Kier molecular flexibility index (Phi) is 13.6. The second kappa shape index (κ2) is 17.2. The molecule has 0 saturated heterocycles. The number of unbranched alkanes of at least 4 members (excludes halogenated alkanes) is 10. The number of nitrogens with zero attached hydrogens (tertiary/aromatic N) is 1. The number of hydrogen-bond acceptors (Lipinski definition) is 3. The molecule has 0 radical (unpaired) electrons. The molecular formula is C36H51NO2. The number of nitriles is 1. The molecule has 0 aromatic heterocycles. The van der Waals surface area contributed by atoms with Gasteiger partial charge in [-0.2, -0.15) is 5.26 Å². The van der Waals surface area contributed by atoms with Crippen LogP contribution >= 0.6 is 0 Å². The Morgan fingerprint density at radius 2 is 1.28 bits per heavy atom. The standard InChI is InChI=1S/C36H51NO2/c1-3-5-7-9-11-13-25-36(29-37)26-23-33(24-27-36)32-17-15-30(16-18-32)31-19-21-34(22-20-31)35(38)39-28-14-12-10-8-6-4-2/h15-22,33H,3-14,23-28H2,1-2H3. The minimum absolute atomic E-state index is 0.0985. The first-order valence-corrected chi connectivity index (χ1v) is 15.9. The van der Waals surface area contributed by atoms with Gasteiger partial charge in [-0.3, -0.25) is 0 Å². The maximum Gasteiger partial charge on any atom is 0.338 e. The quantitative estimate of drug-likeness (QED) is 0.151. The summed E-state index contributed by atoms with van der Waals surface area (Å²) in [5.41, 5.74) is 4.18. The van der Waals surface area contributed by atoms with E-state index < -0.39 is 0 Å². The molecule has 39 heavy (non-hydrogen) atoms. The maximum atomic E-state index is 12.4. The summed E-state index contributed by atoms with van der Waals surface area (Å²) in [6.07, 6.45) is 20.2. The number of carbonyl (C=O) groups is 1. The van der Waals surface area contributed by atoms with Crippen LogP contribution in [0.5, 0.6) is 0 Å². The zero-order valence-corrected chi connectivity index (χ0v) is 24.7. The molecule has 0 bridgehead atoms. The van der Waals surface area contributed by atoms with Crippen molar-refractivity contribution in [2.75, 3.05) is 6.61 Å². The predicted octanol–water partition coefficient (Wildman–Crippen LogP) is 10.8. The lowest BCUT2D eigenvalue weighted by Gasteiger charge is -2.35. The molecule has 1 saturated carbocycles. The lowest BCUT2D eigenvalue weighted by Crippen LogP contribution is -2.25. The summed E-state index contributed by atoms with van der Waals surface area (Å²) in [5, 5.41) is 9.97. The summed E-state index contributed by atoms with van der Waals surface area (Å²) in [6.45, 7) is 4.98. The molecular weight excluding hydrogens is 478 g/mol. The largest absolute Gasteiger partial charge is 0.462 e.